The molecule has 0 amide bonds. The minimum absolute atomic E-state index is 0.167. The third kappa shape index (κ3) is 2.58. The van der Waals surface area contributed by atoms with Crippen molar-refractivity contribution in [2.75, 3.05) is 0 Å². The van der Waals surface area contributed by atoms with Crippen LogP contribution in [0, 0.1) is 5.41 Å². The van der Waals surface area contributed by atoms with Crippen LogP contribution in [0.4, 0.5) is 0 Å². The van der Waals surface area contributed by atoms with E-state index in [4.69, 9.17) is 0 Å². The molecular weight excluding hydrogens is 172 g/mol. The van der Waals surface area contributed by atoms with Crippen molar-refractivity contribution >= 4 is 0 Å². The van der Waals surface area contributed by atoms with Gasteiger partial charge < -0.3 is 5.11 Å². The Morgan fingerprint density at radius 2 is 2.29 bits per heavy atom. The Balaban J connectivity index is 2.88. The highest BCUT2D eigenvalue weighted by Gasteiger charge is 2.25. The van der Waals surface area contributed by atoms with Crippen LogP contribution in [0.1, 0.15) is 33.6 Å². The van der Waals surface area contributed by atoms with Gasteiger partial charge in [0.2, 0.25) is 0 Å². The number of hydrogen-bond donors (Lipinski definition) is 1. The number of rotatable bonds is 2. The van der Waals surface area contributed by atoms with Gasteiger partial charge in [0, 0.05) is 0 Å². The Bertz CT molecular complexity index is 280. The van der Waals surface area contributed by atoms with E-state index in [0.29, 0.717) is 6.42 Å². The lowest BCUT2D eigenvalue weighted by atomic mass is 9.74. The topological polar surface area (TPSA) is 20.2 Å². The summed E-state index contributed by atoms with van der Waals surface area (Å²) in [6, 6.07) is 0. The summed E-state index contributed by atoms with van der Waals surface area (Å²) in [5.41, 5.74) is 2.53. The average molecular weight is 192 g/mol. The molecule has 14 heavy (non-hydrogen) atoms. The summed E-state index contributed by atoms with van der Waals surface area (Å²) >= 11 is 0. The van der Waals surface area contributed by atoms with Crippen LogP contribution >= 0.6 is 0 Å². The second-order valence-corrected chi connectivity index (χ2v) is 4.72. The molecule has 0 aromatic rings. The Morgan fingerprint density at radius 3 is 2.79 bits per heavy atom. The number of hydrogen-bond acceptors (Lipinski definition) is 1. The van der Waals surface area contributed by atoms with E-state index in [0.717, 1.165) is 12.0 Å². The lowest BCUT2D eigenvalue weighted by molar-refractivity contribution is 0.198. The molecule has 0 saturated heterocycles. The molecule has 0 bridgehead atoms. The molecule has 0 fully saturated rings. The molecule has 1 aliphatic carbocycles. The molecule has 0 saturated carbocycles. The van der Waals surface area contributed by atoms with Gasteiger partial charge in [-0.3, -0.25) is 0 Å². The van der Waals surface area contributed by atoms with E-state index in [1.165, 1.54) is 5.57 Å². The van der Waals surface area contributed by atoms with E-state index in [9.17, 15) is 5.11 Å². The molecule has 1 aliphatic rings. The van der Waals surface area contributed by atoms with Crippen LogP contribution in [0.5, 0.6) is 0 Å². The number of aliphatic hydroxyl groups is 1. The lowest BCUT2D eigenvalue weighted by Gasteiger charge is -2.31. The Labute approximate surface area is 86.8 Å². The van der Waals surface area contributed by atoms with Crippen LogP contribution in [0.25, 0.3) is 0 Å². The standard InChI is InChI=1S/C13H20O/c1-10-6-5-9-13(3,4)12(10)8-7-11(2)14/h5-6,8,11,14H,1,7,9H2,2-4H3/b12-8+/t11-/m1/s1. The zero-order valence-corrected chi connectivity index (χ0v) is 9.38. The van der Waals surface area contributed by atoms with Gasteiger partial charge in [-0.05, 0) is 36.3 Å². The second-order valence-electron chi connectivity index (χ2n) is 4.72. The van der Waals surface area contributed by atoms with Crippen LogP contribution < -0.4 is 0 Å². The van der Waals surface area contributed by atoms with Gasteiger partial charge in [0.1, 0.15) is 0 Å². The van der Waals surface area contributed by atoms with Crippen molar-refractivity contribution in [2.24, 2.45) is 5.41 Å². The molecule has 1 nitrogen and oxygen atoms in total. The normalized spacial score (nSPS) is 25.4. The molecular formula is C13H20O. The first-order valence-electron chi connectivity index (χ1n) is 5.18. The minimum Gasteiger partial charge on any atom is -0.393 e. The first-order chi connectivity index (χ1) is 6.43. The monoisotopic (exact) mass is 192 g/mol. The Morgan fingerprint density at radius 1 is 1.64 bits per heavy atom. The Kier molecular flexibility index (Phi) is 3.33. The molecule has 1 heteroatoms. The van der Waals surface area contributed by atoms with Crippen LogP contribution in [-0.4, -0.2) is 11.2 Å². The maximum atomic E-state index is 9.25. The fraction of sp³-hybridized carbons (Fsp3) is 0.538. The second kappa shape index (κ2) is 4.14. The fourth-order valence-corrected chi connectivity index (χ4v) is 1.83. The number of aliphatic hydroxyl groups excluding tert-OH is 1. The lowest BCUT2D eigenvalue weighted by Crippen LogP contribution is -2.18. The van der Waals surface area contributed by atoms with E-state index < -0.39 is 0 Å². The molecule has 0 aliphatic heterocycles. The zero-order valence-electron chi connectivity index (χ0n) is 9.38. The summed E-state index contributed by atoms with van der Waals surface area (Å²) in [4.78, 5) is 0. The van der Waals surface area contributed by atoms with Gasteiger partial charge in [-0.1, -0.05) is 38.7 Å². The summed E-state index contributed by atoms with van der Waals surface area (Å²) in [6.45, 7) is 10.3. The van der Waals surface area contributed by atoms with E-state index >= 15 is 0 Å². The molecule has 0 heterocycles. The maximum absolute atomic E-state index is 9.25. The van der Waals surface area contributed by atoms with E-state index in [-0.39, 0.29) is 11.5 Å². The largest absolute Gasteiger partial charge is 0.393 e. The minimum atomic E-state index is -0.267. The molecule has 1 N–H and O–H groups in total. The van der Waals surface area contributed by atoms with Gasteiger partial charge in [-0.25, -0.2) is 0 Å². The number of allylic oxidation sites excluding steroid dienone is 4. The van der Waals surface area contributed by atoms with Gasteiger partial charge >= 0.3 is 0 Å². The zero-order chi connectivity index (χ0) is 10.8. The van der Waals surface area contributed by atoms with Crippen molar-refractivity contribution < 1.29 is 5.11 Å². The first-order valence-corrected chi connectivity index (χ1v) is 5.18. The molecule has 78 valence electrons. The van der Waals surface area contributed by atoms with Gasteiger partial charge in [-0.15, -0.1) is 0 Å². The van der Waals surface area contributed by atoms with Crippen molar-refractivity contribution in [3.05, 3.63) is 36.0 Å². The maximum Gasteiger partial charge on any atom is 0.0546 e. The van der Waals surface area contributed by atoms with Crippen molar-refractivity contribution in [3.63, 3.8) is 0 Å². The van der Waals surface area contributed by atoms with Crippen LogP contribution in [-0.2, 0) is 0 Å². The van der Waals surface area contributed by atoms with Crippen LogP contribution in [0.3, 0.4) is 0 Å². The van der Waals surface area contributed by atoms with Gasteiger partial charge in [0.25, 0.3) is 0 Å². The third-order valence-electron chi connectivity index (χ3n) is 2.69. The van der Waals surface area contributed by atoms with Crippen molar-refractivity contribution in [2.45, 2.75) is 39.7 Å². The third-order valence-corrected chi connectivity index (χ3v) is 2.69. The predicted octanol–water partition coefficient (Wildman–Crippen LogP) is 3.23. The van der Waals surface area contributed by atoms with Gasteiger partial charge in [0.05, 0.1) is 6.10 Å². The summed E-state index contributed by atoms with van der Waals surface area (Å²) in [5.74, 6) is 0. The van der Waals surface area contributed by atoms with Gasteiger partial charge in [0.15, 0.2) is 0 Å². The summed E-state index contributed by atoms with van der Waals surface area (Å²) in [7, 11) is 0. The van der Waals surface area contributed by atoms with E-state index in [1.54, 1.807) is 0 Å². The molecule has 1 atom stereocenters. The summed E-state index contributed by atoms with van der Waals surface area (Å²) in [5, 5.41) is 9.25. The molecule has 0 aromatic carbocycles. The van der Waals surface area contributed by atoms with Crippen LogP contribution in [0.2, 0.25) is 0 Å². The quantitative estimate of drug-likeness (QED) is 0.712. The first kappa shape index (κ1) is 11.3. The molecule has 0 unspecified atom stereocenters. The molecule has 1 rings (SSSR count). The SMILES string of the molecule is C=C1C=CCC(C)(C)/C1=C/C[C@@H](C)O. The highest BCUT2D eigenvalue weighted by atomic mass is 16.3. The Hall–Kier alpha value is -0.820. The highest BCUT2D eigenvalue weighted by Crippen LogP contribution is 2.39. The smallest absolute Gasteiger partial charge is 0.0546 e. The van der Waals surface area contributed by atoms with E-state index in [2.05, 4.69) is 38.7 Å². The molecule has 0 spiro atoms. The summed E-state index contributed by atoms with van der Waals surface area (Å²) < 4.78 is 0. The van der Waals surface area contributed by atoms with E-state index in [1.807, 2.05) is 6.92 Å². The fourth-order valence-electron chi connectivity index (χ4n) is 1.83. The average Bonchev–Trinajstić information content (AvgIpc) is 2.01. The van der Waals surface area contributed by atoms with Gasteiger partial charge in [-0.2, -0.15) is 0 Å². The summed E-state index contributed by atoms with van der Waals surface area (Å²) in [6.07, 6.45) is 7.86. The van der Waals surface area contributed by atoms with Crippen molar-refractivity contribution in [1.29, 1.82) is 0 Å². The van der Waals surface area contributed by atoms with Crippen molar-refractivity contribution in [1.82, 2.24) is 0 Å². The molecule has 0 aromatic heterocycles. The van der Waals surface area contributed by atoms with Crippen molar-refractivity contribution in [3.8, 4) is 0 Å². The predicted molar refractivity (Wildman–Crippen MR) is 61.1 cm³/mol. The van der Waals surface area contributed by atoms with Crippen LogP contribution in [0.15, 0.2) is 36.0 Å². The molecule has 0 radical (unpaired) electrons. The highest BCUT2D eigenvalue weighted by molar-refractivity contribution is 5.44.